The van der Waals surface area contributed by atoms with Gasteiger partial charge in [0.1, 0.15) is 16.5 Å². The monoisotopic (exact) mass is 318 g/mol. The maximum atomic E-state index is 13.8. The van der Waals surface area contributed by atoms with Gasteiger partial charge in [-0.2, -0.15) is 4.31 Å². The lowest BCUT2D eigenvalue weighted by molar-refractivity contribution is 0.252. The van der Waals surface area contributed by atoms with Crippen molar-refractivity contribution >= 4 is 15.7 Å². The second-order valence-corrected chi connectivity index (χ2v) is 8.43. The molecule has 1 saturated heterocycles. The summed E-state index contributed by atoms with van der Waals surface area (Å²) in [5, 5.41) is 0. The van der Waals surface area contributed by atoms with Crippen LogP contribution >= 0.6 is 0 Å². The topological polar surface area (TPSA) is 63.4 Å². The van der Waals surface area contributed by atoms with Crippen molar-refractivity contribution in [3.05, 3.63) is 23.8 Å². The predicted octanol–water partition coefficient (Wildman–Crippen LogP) is 2.60. The molecule has 0 amide bonds. The smallest absolute Gasteiger partial charge is 0.246 e. The van der Waals surface area contributed by atoms with E-state index in [4.69, 9.17) is 5.73 Å². The molecule has 0 radical (unpaired) electrons. The van der Waals surface area contributed by atoms with E-state index in [0.29, 0.717) is 19.2 Å². The van der Waals surface area contributed by atoms with Crippen LogP contribution in [0, 0.1) is 23.0 Å². The van der Waals surface area contributed by atoms with Gasteiger partial charge in [0.05, 0.1) is 5.69 Å². The molecule has 7 heteroatoms. The third kappa shape index (κ3) is 3.03. The van der Waals surface area contributed by atoms with E-state index in [1.54, 1.807) is 0 Å². The first-order valence-corrected chi connectivity index (χ1v) is 8.22. The molecule has 118 valence electrons. The van der Waals surface area contributed by atoms with Gasteiger partial charge in [0.25, 0.3) is 0 Å². The van der Waals surface area contributed by atoms with Crippen LogP contribution < -0.4 is 5.73 Å². The normalized spacial score (nSPS) is 20.9. The molecular weight excluding hydrogens is 298 g/mol. The zero-order chi connectivity index (χ0) is 16.0. The van der Waals surface area contributed by atoms with Crippen molar-refractivity contribution in [2.45, 2.75) is 32.1 Å². The summed E-state index contributed by atoms with van der Waals surface area (Å²) in [7, 11) is -3.99. The molecule has 1 aromatic rings. The van der Waals surface area contributed by atoms with Crippen LogP contribution in [0.2, 0.25) is 0 Å². The number of hydrogen-bond donors (Lipinski definition) is 1. The highest BCUT2D eigenvalue weighted by Gasteiger charge is 2.38. The fourth-order valence-electron chi connectivity index (χ4n) is 2.53. The van der Waals surface area contributed by atoms with Crippen LogP contribution in [0.3, 0.4) is 0 Å². The van der Waals surface area contributed by atoms with Crippen molar-refractivity contribution in [3.8, 4) is 0 Å². The Bertz CT molecular complexity index is 654. The average molecular weight is 318 g/mol. The summed E-state index contributed by atoms with van der Waals surface area (Å²) < 4.78 is 53.2. The highest BCUT2D eigenvalue weighted by molar-refractivity contribution is 7.89. The lowest BCUT2D eigenvalue weighted by Gasteiger charge is -2.27. The quantitative estimate of drug-likeness (QED) is 0.853. The molecule has 0 spiro atoms. The Kier molecular flexibility index (Phi) is 4.01. The molecule has 0 bridgehead atoms. The summed E-state index contributed by atoms with van der Waals surface area (Å²) in [4.78, 5) is -0.559. The Balaban J connectivity index is 2.34. The van der Waals surface area contributed by atoms with Crippen LogP contribution in [-0.2, 0) is 10.0 Å². The van der Waals surface area contributed by atoms with Crippen molar-refractivity contribution in [1.29, 1.82) is 0 Å². The lowest BCUT2D eigenvalue weighted by Crippen LogP contribution is -2.31. The Morgan fingerprint density at radius 3 is 2.38 bits per heavy atom. The number of anilines is 1. The highest BCUT2D eigenvalue weighted by Crippen LogP contribution is 2.36. The number of nitrogen functional groups attached to an aromatic ring is 1. The number of rotatable bonds is 2. The zero-order valence-electron chi connectivity index (χ0n) is 12.4. The van der Waals surface area contributed by atoms with Gasteiger partial charge in [-0.1, -0.05) is 20.8 Å². The van der Waals surface area contributed by atoms with E-state index in [2.05, 4.69) is 0 Å². The summed E-state index contributed by atoms with van der Waals surface area (Å²) >= 11 is 0. The Morgan fingerprint density at radius 2 is 1.86 bits per heavy atom. The molecular formula is C14H20F2N2O2S. The molecule has 1 fully saturated rings. The number of nitrogens with zero attached hydrogens (tertiary/aromatic N) is 1. The van der Waals surface area contributed by atoms with E-state index in [9.17, 15) is 17.2 Å². The maximum absolute atomic E-state index is 13.8. The van der Waals surface area contributed by atoms with Crippen LogP contribution in [-0.4, -0.2) is 25.8 Å². The number of hydrogen-bond acceptors (Lipinski definition) is 3. The Morgan fingerprint density at radius 1 is 1.24 bits per heavy atom. The van der Waals surface area contributed by atoms with Gasteiger partial charge in [-0.25, -0.2) is 17.2 Å². The van der Waals surface area contributed by atoms with E-state index in [-0.39, 0.29) is 17.0 Å². The van der Waals surface area contributed by atoms with E-state index in [1.807, 2.05) is 20.8 Å². The molecule has 1 heterocycles. The van der Waals surface area contributed by atoms with Crippen molar-refractivity contribution in [2.75, 3.05) is 18.8 Å². The van der Waals surface area contributed by atoms with Gasteiger partial charge >= 0.3 is 0 Å². The van der Waals surface area contributed by atoms with Crippen molar-refractivity contribution in [3.63, 3.8) is 0 Å². The van der Waals surface area contributed by atoms with Gasteiger partial charge in [0.15, 0.2) is 0 Å². The average Bonchev–Trinajstić information content (AvgIpc) is 2.83. The number of halogens is 2. The minimum atomic E-state index is -3.99. The Labute approximate surface area is 124 Å². The lowest BCUT2D eigenvalue weighted by atomic mass is 9.80. The van der Waals surface area contributed by atoms with E-state index in [1.165, 1.54) is 4.31 Å². The molecule has 2 rings (SSSR count). The van der Waals surface area contributed by atoms with Crippen LogP contribution in [0.5, 0.6) is 0 Å². The van der Waals surface area contributed by atoms with Crippen LogP contribution in [0.15, 0.2) is 17.0 Å². The van der Waals surface area contributed by atoms with Gasteiger partial charge in [-0.05, 0) is 23.8 Å². The third-order valence-electron chi connectivity index (χ3n) is 4.04. The zero-order valence-corrected chi connectivity index (χ0v) is 13.2. The third-order valence-corrected chi connectivity index (χ3v) is 5.92. The fraction of sp³-hybridized carbons (Fsp3) is 0.571. The molecule has 1 aliphatic rings. The molecule has 21 heavy (non-hydrogen) atoms. The first kappa shape index (κ1) is 16.2. The van der Waals surface area contributed by atoms with Crippen molar-refractivity contribution < 1.29 is 17.2 Å². The highest BCUT2D eigenvalue weighted by atomic mass is 32.2. The predicted molar refractivity (Wildman–Crippen MR) is 77.1 cm³/mol. The first-order valence-electron chi connectivity index (χ1n) is 6.78. The molecule has 1 unspecified atom stereocenters. The van der Waals surface area contributed by atoms with Crippen molar-refractivity contribution in [2.24, 2.45) is 11.3 Å². The summed E-state index contributed by atoms with van der Waals surface area (Å²) in [5.74, 6) is -1.87. The molecule has 2 N–H and O–H groups in total. The van der Waals surface area contributed by atoms with Gasteiger partial charge < -0.3 is 5.73 Å². The molecule has 0 aromatic heterocycles. The maximum Gasteiger partial charge on any atom is 0.246 e. The molecule has 0 saturated carbocycles. The minimum Gasteiger partial charge on any atom is -0.396 e. The standard InChI is InChI=1S/C14H20F2N2O2S/c1-14(2,3)9-4-5-18(8-9)21(19,20)13-7-12(17)10(15)6-11(13)16/h6-7,9H,4-5,8,17H2,1-3H3. The first-order chi connectivity index (χ1) is 9.53. The summed E-state index contributed by atoms with van der Waals surface area (Å²) in [5.41, 5.74) is 4.96. The summed E-state index contributed by atoms with van der Waals surface area (Å²) in [6, 6.07) is 1.37. The second kappa shape index (κ2) is 5.21. The van der Waals surface area contributed by atoms with Gasteiger partial charge in [-0.3, -0.25) is 0 Å². The second-order valence-electron chi connectivity index (χ2n) is 6.52. The van der Waals surface area contributed by atoms with Gasteiger partial charge in [-0.15, -0.1) is 0 Å². The van der Waals surface area contributed by atoms with Crippen LogP contribution in [0.1, 0.15) is 27.2 Å². The summed E-state index contributed by atoms with van der Waals surface area (Å²) in [6.45, 7) is 6.81. The minimum absolute atomic E-state index is 0.0232. The van der Waals surface area contributed by atoms with E-state index in [0.717, 1.165) is 12.5 Å². The Hall–Kier alpha value is -1.21. The molecule has 1 atom stereocenters. The van der Waals surface area contributed by atoms with Crippen LogP contribution in [0.25, 0.3) is 0 Å². The number of sulfonamides is 1. The summed E-state index contributed by atoms with van der Waals surface area (Å²) in [6.07, 6.45) is 0.723. The van der Waals surface area contributed by atoms with Crippen molar-refractivity contribution in [1.82, 2.24) is 4.31 Å². The largest absolute Gasteiger partial charge is 0.396 e. The van der Waals surface area contributed by atoms with Crippen LogP contribution in [0.4, 0.5) is 14.5 Å². The SMILES string of the molecule is CC(C)(C)C1CCN(S(=O)(=O)c2cc(N)c(F)cc2F)C1. The van der Waals surface area contributed by atoms with E-state index >= 15 is 0 Å². The van der Waals surface area contributed by atoms with E-state index < -0.39 is 26.6 Å². The van der Waals surface area contributed by atoms with Gasteiger partial charge in [0.2, 0.25) is 10.0 Å². The molecule has 1 aromatic carbocycles. The fourth-order valence-corrected chi connectivity index (χ4v) is 4.12. The molecule has 0 aliphatic carbocycles. The molecule has 4 nitrogen and oxygen atoms in total. The number of benzene rings is 1. The van der Waals surface area contributed by atoms with Gasteiger partial charge in [0, 0.05) is 19.2 Å². The number of nitrogens with two attached hydrogens (primary N) is 1. The molecule has 1 aliphatic heterocycles.